The second-order valence-corrected chi connectivity index (χ2v) is 9.68. The number of fused-ring (bicyclic) bond motifs is 1. The zero-order valence-corrected chi connectivity index (χ0v) is 18.6. The lowest BCUT2D eigenvalue weighted by Crippen LogP contribution is -2.43. The number of hydrogen-bond acceptors (Lipinski definition) is 5. The van der Waals surface area contributed by atoms with Gasteiger partial charge in [-0.05, 0) is 44.7 Å². The normalized spacial score (nSPS) is 17.0. The van der Waals surface area contributed by atoms with Crippen LogP contribution in [0.5, 0.6) is 0 Å². The number of piperidine rings is 1. The molecule has 0 aromatic heterocycles. The van der Waals surface area contributed by atoms with Gasteiger partial charge in [0.05, 0.1) is 5.69 Å². The van der Waals surface area contributed by atoms with Crippen LogP contribution in [0.2, 0.25) is 0 Å². The van der Waals surface area contributed by atoms with Gasteiger partial charge in [0.15, 0.2) is 4.91 Å². The molecule has 4 rings (SSSR count). The second kappa shape index (κ2) is 8.30. The number of likely N-dealkylation sites (tertiary alicyclic amines) is 1. The van der Waals surface area contributed by atoms with Crippen molar-refractivity contribution in [2.24, 2.45) is 0 Å². The predicted octanol–water partition coefficient (Wildman–Crippen LogP) is 3.93. The van der Waals surface area contributed by atoms with Crippen LogP contribution in [0.4, 0.5) is 5.69 Å². The number of allylic oxidation sites excluding steroid dienone is 2. The fourth-order valence-corrected chi connectivity index (χ4v) is 6.24. The zero-order chi connectivity index (χ0) is 22.2. The summed E-state index contributed by atoms with van der Waals surface area (Å²) in [5.41, 5.74) is 1.73. The number of para-hydroxylation sites is 1. The van der Waals surface area contributed by atoms with E-state index < -0.39 is 26.5 Å². The molecule has 2 aliphatic rings. The van der Waals surface area contributed by atoms with E-state index in [2.05, 4.69) is 0 Å². The molecule has 1 saturated heterocycles. The Morgan fingerprint density at radius 2 is 1.45 bits per heavy atom. The highest BCUT2D eigenvalue weighted by molar-refractivity contribution is 7.97. The van der Waals surface area contributed by atoms with E-state index in [-0.39, 0.29) is 23.4 Å². The SMILES string of the molecule is CCN(c1ccccc1C)S(=O)(=O)C1=C(N2CCCCC2)C(=O)c2ccccc2C1=O. The Morgan fingerprint density at radius 3 is 2.06 bits per heavy atom. The molecule has 1 heterocycles. The fourth-order valence-electron chi connectivity index (χ4n) is 4.41. The third kappa shape index (κ3) is 3.57. The maximum Gasteiger partial charge on any atom is 0.270 e. The molecule has 0 bridgehead atoms. The van der Waals surface area contributed by atoms with Crippen LogP contribution in [0.1, 0.15) is 52.5 Å². The van der Waals surface area contributed by atoms with Gasteiger partial charge in [0.25, 0.3) is 10.0 Å². The van der Waals surface area contributed by atoms with E-state index >= 15 is 0 Å². The minimum Gasteiger partial charge on any atom is -0.367 e. The molecule has 0 atom stereocenters. The number of benzene rings is 2. The van der Waals surface area contributed by atoms with Crippen LogP contribution in [0.15, 0.2) is 59.1 Å². The van der Waals surface area contributed by atoms with Gasteiger partial charge >= 0.3 is 0 Å². The first-order valence-corrected chi connectivity index (χ1v) is 12.1. The van der Waals surface area contributed by atoms with Gasteiger partial charge in [-0.15, -0.1) is 0 Å². The first kappa shape index (κ1) is 21.3. The first-order chi connectivity index (χ1) is 14.9. The molecule has 7 heteroatoms. The number of Topliss-reactive ketones (excluding diaryl/α,β-unsaturated/α-hetero) is 2. The lowest BCUT2D eigenvalue weighted by Gasteiger charge is -2.35. The third-order valence-electron chi connectivity index (χ3n) is 5.94. The van der Waals surface area contributed by atoms with Gasteiger partial charge in [-0.1, -0.05) is 42.5 Å². The molecular weight excluding hydrogens is 412 g/mol. The number of sulfonamides is 1. The summed E-state index contributed by atoms with van der Waals surface area (Å²) in [6.07, 6.45) is 2.74. The summed E-state index contributed by atoms with van der Waals surface area (Å²) in [5, 5.41) is 0. The molecule has 0 amide bonds. The topological polar surface area (TPSA) is 74.8 Å². The summed E-state index contributed by atoms with van der Waals surface area (Å²) >= 11 is 0. The van der Waals surface area contributed by atoms with Gasteiger partial charge < -0.3 is 4.90 Å². The van der Waals surface area contributed by atoms with Crippen LogP contribution in [0.25, 0.3) is 0 Å². The minimum atomic E-state index is -4.27. The Balaban J connectivity index is 1.95. The summed E-state index contributed by atoms with van der Waals surface area (Å²) in [5.74, 6) is -1.00. The number of hydrogen-bond donors (Lipinski definition) is 0. The van der Waals surface area contributed by atoms with Crippen molar-refractivity contribution >= 4 is 27.3 Å². The molecule has 1 fully saturated rings. The molecule has 0 N–H and O–H groups in total. The van der Waals surface area contributed by atoms with Crippen LogP contribution in [-0.4, -0.2) is 44.5 Å². The molecule has 0 saturated carbocycles. The lowest BCUT2D eigenvalue weighted by atomic mass is 9.91. The maximum atomic E-state index is 14.0. The predicted molar refractivity (Wildman–Crippen MR) is 121 cm³/mol. The molecule has 1 aliphatic heterocycles. The Labute approximate surface area is 183 Å². The van der Waals surface area contributed by atoms with Gasteiger partial charge in [-0.25, -0.2) is 8.42 Å². The number of nitrogens with zero attached hydrogens (tertiary/aromatic N) is 2. The van der Waals surface area contributed by atoms with Gasteiger partial charge in [0.1, 0.15) is 5.70 Å². The Kier molecular flexibility index (Phi) is 5.71. The van der Waals surface area contributed by atoms with E-state index in [4.69, 9.17) is 0 Å². The van der Waals surface area contributed by atoms with Crippen LogP contribution < -0.4 is 4.31 Å². The largest absolute Gasteiger partial charge is 0.367 e. The molecule has 0 spiro atoms. The highest BCUT2D eigenvalue weighted by Crippen LogP contribution is 2.36. The second-order valence-electron chi connectivity index (χ2n) is 7.89. The van der Waals surface area contributed by atoms with Crippen LogP contribution in [0.3, 0.4) is 0 Å². The van der Waals surface area contributed by atoms with Gasteiger partial charge in [0, 0.05) is 30.8 Å². The van der Waals surface area contributed by atoms with E-state index in [1.807, 2.05) is 19.1 Å². The number of carbonyl (C=O) groups excluding carboxylic acids is 2. The fraction of sp³-hybridized carbons (Fsp3) is 0.333. The molecule has 2 aromatic rings. The molecule has 162 valence electrons. The van der Waals surface area contributed by atoms with Crippen molar-refractivity contribution in [2.75, 3.05) is 23.9 Å². The molecular formula is C24H26N2O4S. The van der Waals surface area contributed by atoms with Gasteiger partial charge in [-0.2, -0.15) is 0 Å². The number of aryl methyl sites for hydroxylation is 1. The van der Waals surface area contributed by atoms with Gasteiger partial charge in [-0.3, -0.25) is 13.9 Å². The van der Waals surface area contributed by atoms with Crippen LogP contribution in [0, 0.1) is 6.92 Å². The number of anilines is 1. The number of carbonyl (C=O) groups is 2. The van der Waals surface area contributed by atoms with E-state index in [1.165, 1.54) is 10.4 Å². The standard InChI is InChI=1S/C24H26N2O4S/c1-3-26(20-14-8-5-11-17(20)2)31(29,30)24-21(25-15-9-4-10-16-25)22(27)18-12-6-7-13-19(18)23(24)28/h5-8,11-14H,3-4,9-10,15-16H2,1-2H3. The molecule has 0 radical (unpaired) electrons. The first-order valence-electron chi connectivity index (χ1n) is 10.6. The van der Waals surface area contributed by atoms with Crippen molar-refractivity contribution in [1.82, 2.24) is 4.90 Å². The minimum absolute atomic E-state index is 0.0236. The molecule has 1 aliphatic carbocycles. The quantitative estimate of drug-likeness (QED) is 0.707. The average molecular weight is 439 g/mol. The maximum absolute atomic E-state index is 14.0. The molecule has 6 nitrogen and oxygen atoms in total. The van der Waals surface area contributed by atoms with Crippen molar-refractivity contribution in [3.63, 3.8) is 0 Å². The van der Waals surface area contributed by atoms with Crippen LogP contribution in [-0.2, 0) is 10.0 Å². The van der Waals surface area contributed by atoms with E-state index in [1.54, 1.807) is 42.2 Å². The van der Waals surface area contributed by atoms with E-state index in [9.17, 15) is 18.0 Å². The summed E-state index contributed by atoms with van der Waals surface area (Å²) in [6.45, 7) is 4.83. The summed E-state index contributed by atoms with van der Waals surface area (Å²) < 4.78 is 29.2. The van der Waals surface area contributed by atoms with Crippen molar-refractivity contribution in [2.45, 2.75) is 33.1 Å². The van der Waals surface area contributed by atoms with E-state index in [0.717, 1.165) is 24.8 Å². The summed E-state index contributed by atoms with van der Waals surface area (Å²) in [7, 11) is -4.27. The Bertz CT molecular complexity index is 1180. The Morgan fingerprint density at radius 1 is 0.871 bits per heavy atom. The highest BCUT2D eigenvalue weighted by Gasteiger charge is 2.43. The molecule has 2 aromatic carbocycles. The lowest BCUT2D eigenvalue weighted by molar-refractivity contribution is 0.0939. The highest BCUT2D eigenvalue weighted by atomic mass is 32.2. The zero-order valence-electron chi connectivity index (χ0n) is 17.8. The number of rotatable bonds is 5. The van der Waals surface area contributed by atoms with Crippen molar-refractivity contribution in [3.05, 3.63) is 75.8 Å². The number of ketones is 2. The third-order valence-corrected chi connectivity index (χ3v) is 7.87. The van der Waals surface area contributed by atoms with Crippen LogP contribution >= 0.6 is 0 Å². The van der Waals surface area contributed by atoms with Crippen molar-refractivity contribution < 1.29 is 18.0 Å². The van der Waals surface area contributed by atoms with Crippen molar-refractivity contribution in [1.29, 1.82) is 0 Å². The smallest absolute Gasteiger partial charge is 0.270 e. The molecule has 31 heavy (non-hydrogen) atoms. The average Bonchev–Trinajstić information content (AvgIpc) is 2.78. The summed E-state index contributed by atoms with van der Waals surface area (Å²) in [6, 6.07) is 13.6. The monoisotopic (exact) mass is 438 g/mol. The van der Waals surface area contributed by atoms with Crippen molar-refractivity contribution in [3.8, 4) is 0 Å². The Hall–Kier alpha value is -2.93. The summed E-state index contributed by atoms with van der Waals surface area (Å²) in [4.78, 5) is 28.4. The molecule has 0 unspecified atom stereocenters. The van der Waals surface area contributed by atoms with E-state index in [0.29, 0.717) is 18.8 Å². The van der Waals surface area contributed by atoms with Gasteiger partial charge in [0.2, 0.25) is 11.6 Å².